The predicted octanol–water partition coefficient (Wildman–Crippen LogP) is 2.31. The van der Waals surface area contributed by atoms with E-state index >= 15 is 0 Å². The summed E-state index contributed by atoms with van der Waals surface area (Å²) in [7, 11) is 0. The van der Waals surface area contributed by atoms with Gasteiger partial charge in [-0.15, -0.1) is 0 Å². The van der Waals surface area contributed by atoms with Crippen LogP contribution in [0, 0.1) is 21.8 Å². The molecule has 0 aliphatic heterocycles. The fraction of sp³-hybridized carbons (Fsp3) is 0.500. The van der Waals surface area contributed by atoms with Gasteiger partial charge in [-0.05, 0) is 25.0 Å². The zero-order valence-corrected chi connectivity index (χ0v) is 9.80. The second kappa shape index (κ2) is 5.30. The molecule has 0 bridgehead atoms. The SMILES string of the molecule is O=[N+]([O-])c1c(F)cccc1NC1CCCC1CO. The molecule has 0 saturated heterocycles. The van der Waals surface area contributed by atoms with Gasteiger partial charge in [0.1, 0.15) is 5.69 Å². The van der Waals surface area contributed by atoms with Gasteiger partial charge in [0.15, 0.2) is 0 Å². The standard InChI is InChI=1S/C12H15FN2O3/c13-9-4-2-6-11(12(9)15(17)18)14-10-5-1-3-8(10)7-16/h2,4,6,8,10,14,16H,1,3,5,7H2. The number of aliphatic hydroxyl groups excluding tert-OH is 1. The molecule has 0 amide bonds. The normalized spacial score (nSPS) is 23.0. The van der Waals surface area contributed by atoms with Gasteiger partial charge in [-0.2, -0.15) is 4.39 Å². The third-order valence-electron chi connectivity index (χ3n) is 3.40. The monoisotopic (exact) mass is 254 g/mol. The van der Waals surface area contributed by atoms with Crippen LogP contribution in [0.5, 0.6) is 0 Å². The van der Waals surface area contributed by atoms with E-state index in [9.17, 15) is 19.6 Å². The van der Waals surface area contributed by atoms with E-state index in [1.165, 1.54) is 12.1 Å². The summed E-state index contributed by atoms with van der Waals surface area (Å²) in [4.78, 5) is 10.1. The molecular weight excluding hydrogens is 239 g/mol. The van der Waals surface area contributed by atoms with Gasteiger partial charge in [0, 0.05) is 18.6 Å². The molecule has 1 saturated carbocycles. The van der Waals surface area contributed by atoms with Gasteiger partial charge in [0.2, 0.25) is 5.82 Å². The van der Waals surface area contributed by atoms with Gasteiger partial charge >= 0.3 is 5.69 Å². The summed E-state index contributed by atoms with van der Waals surface area (Å²) in [6.45, 7) is 0.0424. The number of nitro benzene ring substituents is 1. The van der Waals surface area contributed by atoms with E-state index in [2.05, 4.69) is 5.32 Å². The maximum absolute atomic E-state index is 13.4. The highest BCUT2D eigenvalue weighted by atomic mass is 19.1. The molecule has 2 rings (SSSR count). The smallest absolute Gasteiger partial charge is 0.327 e. The Morgan fingerprint density at radius 3 is 2.94 bits per heavy atom. The minimum Gasteiger partial charge on any atom is -0.396 e. The van der Waals surface area contributed by atoms with Crippen molar-refractivity contribution in [1.29, 1.82) is 0 Å². The summed E-state index contributed by atoms with van der Waals surface area (Å²) < 4.78 is 13.4. The molecule has 5 nitrogen and oxygen atoms in total. The Labute approximate surface area is 104 Å². The van der Waals surface area contributed by atoms with Crippen LogP contribution in [0.4, 0.5) is 15.8 Å². The molecule has 2 N–H and O–H groups in total. The van der Waals surface area contributed by atoms with Crippen molar-refractivity contribution in [2.24, 2.45) is 5.92 Å². The van der Waals surface area contributed by atoms with Crippen molar-refractivity contribution in [2.45, 2.75) is 25.3 Å². The van der Waals surface area contributed by atoms with Crippen LogP contribution in [0.1, 0.15) is 19.3 Å². The molecule has 0 aromatic heterocycles. The third-order valence-corrected chi connectivity index (χ3v) is 3.40. The summed E-state index contributed by atoms with van der Waals surface area (Å²) in [5.74, 6) is -0.767. The molecule has 2 unspecified atom stereocenters. The minimum absolute atomic E-state index is 0.0319. The van der Waals surface area contributed by atoms with Gasteiger partial charge < -0.3 is 10.4 Å². The molecule has 6 heteroatoms. The van der Waals surface area contributed by atoms with Crippen LogP contribution in [-0.2, 0) is 0 Å². The molecule has 0 spiro atoms. The number of aliphatic hydroxyl groups is 1. The fourth-order valence-corrected chi connectivity index (χ4v) is 2.46. The molecule has 2 atom stereocenters. The quantitative estimate of drug-likeness (QED) is 0.638. The summed E-state index contributed by atoms with van der Waals surface area (Å²) in [5.41, 5.74) is -0.341. The molecule has 0 radical (unpaired) electrons. The molecule has 1 fully saturated rings. The van der Waals surface area contributed by atoms with Crippen molar-refractivity contribution in [3.05, 3.63) is 34.1 Å². The lowest BCUT2D eigenvalue weighted by atomic mass is 10.0. The van der Waals surface area contributed by atoms with Crippen molar-refractivity contribution < 1.29 is 14.4 Å². The first-order chi connectivity index (χ1) is 8.63. The van der Waals surface area contributed by atoms with Crippen molar-refractivity contribution in [3.8, 4) is 0 Å². The highest BCUT2D eigenvalue weighted by molar-refractivity contribution is 5.62. The minimum atomic E-state index is -0.844. The highest BCUT2D eigenvalue weighted by Gasteiger charge is 2.29. The summed E-state index contributed by atoms with van der Waals surface area (Å²) in [6.07, 6.45) is 2.68. The first kappa shape index (κ1) is 12.8. The van der Waals surface area contributed by atoms with Crippen LogP contribution in [0.15, 0.2) is 18.2 Å². The lowest BCUT2D eigenvalue weighted by Gasteiger charge is -2.20. The van der Waals surface area contributed by atoms with E-state index in [0.717, 1.165) is 25.3 Å². The number of rotatable bonds is 4. The number of halogens is 1. The van der Waals surface area contributed by atoms with Crippen LogP contribution in [0.2, 0.25) is 0 Å². The third kappa shape index (κ3) is 2.43. The lowest BCUT2D eigenvalue weighted by molar-refractivity contribution is -0.386. The van der Waals surface area contributed by atoms with Gasteiger partial charge in [0.05, 0.1) is 4.92 Å². The average Bonchev–Trinajstić information content (AvgIpc) is 2.76. The second-order valence-electron chi connectivity index (χ2n) is 4.52. The van der Waals surface area contributed by atoms with E-state index in [1.54, 1.807) is 0 Å². The first-order valence-corrected chi connectivity index (χ1v) is 5.93. The summed E-state index contributed by atoms with van der Waals surface area (Å²) in [6, 6.07) is 3.97. The van der Waals surface area contributed by atoms with Crippen LogP contribution < -0.4 is 5.32 Å². The molecule has 1 aliphatic carbocycles. The van der Waals surface area contributed by atoms with Crippen molar-refractivity contribution in [1.82, 2.24) is 0 Å². The number of nitro groups is 1. The van der Waals surface area contributed by atoms with Crippen LogP contribution in [-0.4, -0.2) is 22.7 Å². The predicted molar refractivity (Wildman–Crippen MR) is 64.9 cm³/mol. The van der Waals surface area contributed by atoms with Gasteiger partial charge in [-0.25, -0.2) is 0 Å². The number of para-hydroxylation sites is 1. The number of hydrogen-bond acceptors (Lipinski definition) is 4. The molecule has 1 aromatic carbocycles. The largest absolute Gasteiger partial charge is 0.396 e. The Morgan fingerprint density at radius 1 is 1.50 bits per heavy atom. The maximum Gasteiger partial charge on any atom is 0.327 e. The van der Waals surface area contributed by atoms with E-state index in [4.69, 9.17) is 0 Å². The van der Waals surface area contributed by atoms with Crippen molar-refractivity contribution in [2.75, 3.05) is 11.9 Å². The van der Waals surface area contributed by atoms with Gasteiger partial charge in [-0.1, -0.05) is 12.5 Å². The van der Waals surface area contributed by atoms with Gasteiger partial charge in [-0.3, -0.25) is 10.1 Å². The van der Waals surface area contributed by atoms with E-state index in [-0.39, 0.29) is 24.3 Å². The van der Waals surface area contributed by atoms with Crippen LogP contribution >= 0.6 is 0 Å². The number of nitrogens with one attached hydrogen (secondary N) is 1. The lowest BCUT2D eigenvalue weighted by Crippen LogP contribution is -2.26. The second-order valence-corrected chi connectivity index (χ2v) is 4.52. The summed E-state index contributed by atoms with van der Waals surface area (Å²) >= 11 is 0. The van der Waals surface area contributed by atoms with E-state index in [0.29, 0.717) is 0 Å². The maximum atomic E-state index is 13.4. The topological polar surface area (TPSA) is 75.4 Å². The Kier molecular flexibility index (Phi) is 3.76. The summed E-state index contributed by atoms with van der Waals surface area (Å²) in [5, 5.41) is 23.0. The average molecular weight is 254 g/mol. The fourth-order valence-electron chi connectivity index (χ4n) is 2.46. The van der Waals surface area contributed by atoms with Crippen LogP contribution in [0.3, 0.4) is 0 Å². The molecule has 0 heterocycles. The zero-order chi connectivity index (χ0) is 13.1. The van der Waals surface area contributed by atoms with Crippen molar-refractivity contribution >= 4 is 11.4 Å². The van der Waals surface area contributed by atoms with Crippen molar-refractivity contribution in [3.63, 3.8) is 0 Å². The number of anilines is 1. The van der Waals surface area contributed by atoms with Crippen LogP contribution in [0.25, 0.3) is 0 Å². The zero-order valence-electron chi connectivity index (χ0n) is 9.80. The molecule has 98 valence electrons. The Hall–Kier alpha value is -1.69. The van der Waals surface area contributed by atoms with Gasteiger partial charge in [0.25, 0.3) is 0 Å². The molecular formula is C12H15FN2O3. The Morgan fingerprint density at radius 2 is 2.28 bits per heavy atom. The molecule has 18 heavy (non-hydrogen) atoms. The Bertz CT molecular complexity index is 453. The highest BCUT2D eigenvalue weighted by Crippen LogP contribution is 2.33. The van der Waals surface area contributed by atoms with E-state index in [1.807, 2.05) is 0 Å². The number of hydrogen-bond donors (Lipinski definition) is 2. The Balaban J connectivity index is 2.23. The first-order valence-electron chi connectivity index (χ1n) is 5.93. The molecule has 1 aliphatic rings. The number of nitrogens with zero attached hydrogens (tertiary/aromatic N) is 1. The number of benzene rings is 1. The molecule has 1 aromatic rings. The van der Waals surface area contributed by atoms with E-state index < -0.39 is 16.4 Å².